The van der Waals surface area contributed by atoms with Crippen LogP contribution in [0.4, 0.5) is 5.82 Å². The minimum Gasteiger partial charge on any atom is -0.491 e. The number of anilines is 1. The number of methoxy groups -OCH3 is 1. The molecule has 0 aliphatic rings. The summed E-state index contributed by atoms with van der Waals surface area (Å²) < 4.78 is 17.8. The number of hydrogen-bond donors (Lipinski definition) is 2. The Morgan fingerprint density at radius 3 is 2.62 bits per heavy atom. The first-order chi connectivity index (χ1) is 16.2. The van der Waals surface area contributed by atoms with Gasteiger partial charge in [0.05, 0.1) is 17.6 Å². The minimum absolute atomic E-state index is 0.323. The van der Waals surface area contributed by atoms with Crippen LogP contribution < -0.4 is 15.4 Å². The highest BCUT2D eigenvalue weighted by Crippen LogP contribution is 2.25. The van der Waals surface area contributed by atoms with Gasteiger partial charge in [-0.25, -0.2) is 4.98 Å². The lowest BCUT2D eigenvalue weighted by atomic mass is 10.1. The standard InChI is InChI=1S/C23H32N6O5/c1-15-27-28-21-20(24-10-6-7-11-25-22(31)23(3,4)34-16(2)30)26-18-14-17(33-13-12-32-5)8-9-19(18)29(15)21/h8-9,14H,6-7,10-13H2,1-5H3,(H,24,26)(H,25,31). The van der Waals surface area contributed by atoms with E-state index < -0.39 is 11.6 Å². The van der Waals surface area contributed by atoms with Crippen LogP contribution in [0.2, 0.25) is 0 Å². The molecule has 0 fully saturated rings. The molecular weight excluding hydrogens is 440 g/mol. The molecule has 11 heteroatoms. The second kappa shape index (κ2) is 11.1. The number of amides is 1. The van der Waals surface area contributed by atoms with Gasteiger partial charge in [0.15, 0.2) is 11.4 Å². The average molecular weight is 473 g/mol. The summed E-state index contributed by atoms with van der Waals surface area (Å²) in [4.78, 5) is 28.1. The number of aromatic nitrogens is 4. The normalized spacial score (nSPS) is 11.6. The summed E-state index contributed by atoms with van der Waals surface area (Å²) in [6, 6.07) is 5.72. The topological polar surface area (TPSA) is 129 Å². The molecule has 0 radical (unpaired) electrons. The lowest BCUT2D eigenvalue weighted by molar-refractivity contribution is -0.162. The van der Waals surface area contributed by atoms with Crippen molar-refractivity contribution in [1.82, 2.24) is 24.9 Å². The number of rotatable bonds is 12. The zero-order valence-corrected chi connectivity index (χ0v) is 20.3. The van der Waals surface area contributed by atoms with Crippen LogP contribution in [0.3, 0.4) is 0 Å². The number of ether oxygens (including phenoxy) is 3. The van der Waals surface area contributed by atoms with E-state index in [1.165, 1.54) is 6.92 Å². The van der Waals surface area contributed by atoms with E-state index in [0.29, 0.717) is 43.5 Å². The molecule has 1 amide bonds. The predicted molar refractivity (Wildman–Crippen MR) is 127 cm³/mol. The second-order valence-electron chi connectivity index (χ2n) is 8.35. The highest BCUT2D eigenvalue weighted by molar-refractivity contribution is 5.86. The molecule has 2 aromatic heterocycles. The lowest BCUT2D eigenvalue weighted by Crippen LogP contribution is -2.45. The second-order valence-corrected chi connectivity index (χ2v) is 8.35. The number of nitrogens with zero attached hydrogens (tertiary/aromatic N) is 4. The Bertz CT molecular complexity index is 1160. The molecule has 184 valence electrons. The van der Waals surface area contributed by atoms with Crippen molar-refractivity contribution >= 4 is 34.4 Å². The molecule has 3 rings (SSSR count). The van der Waals surface area contributed by atoms with Crippen molar-refractivity contribution in [1.29, 1.82) is 0 Å². The molecule has 2 N–H and O–H groups in total. The Hall–Kier alpha value is -3.47. The van der Waals surface area contributed by atoms with Gasteiger partial charge in [-0.3, -0.25) is 14.0 Å². The Kier molecular flexibility index (Phi) is 8.21. The van der Waals surface area contributed by atoms with Crippen molar-refractivity contribution in [3.63, 3.8) is 0 Å². The smallest absolute Gasteiger partial charge is 0.303 e. The summed E-state index contributed by atoms with van der Waals surface area (Å²) in [5.74, 6) is 1.28. The van der Waals surface area contributed by atoms with Gasteiger partial charge in [0.1, 0.15) is 18.2 Å². The van der Waals surface area contributed by atoms with Crippen molar-refractivity contribution in [2.24, 2.45) is 0 Å². The Labute approximate surface area is 198 Å². The molecule has 0 aliphatic carbocycles. The molecule has 0 atom stereocenters. The summed E-state index contributed by atoms with van der Waals surface area (Å²) in [5.41, 5.74) is 1.10. The number of hydrogen-bond acceptors (Lipinski definition) is 9. The van der Waals surface area contributed by atoms with Gasteiger partial charge < -0.3 is 24.8 Å². The largest absolute Gasteiger partial charge is 0.491 e. The number of nitrogens with one attached hydrogen (secondary N) is 2. The van der Waals surface area contributed by atoms with Crippen molar-refractivity contribution in [2.75, 3.05) is 38.7 Å². The SMILES string of the molecule is COCCOc1ccc2c(c1)nc(NCCCCNC(=O)C(C)(C)OC(C)=O)c1nnc(C)n12. The van der Waals surface area contributed by atoms with E-state index in [9.17, 15) is 9.59 Å². The predicted octanol–water partition coefficient (Wildman–Crippen LogP) is 2.26. The van der Waals surface area contributed by atoms with Crippen molar-refractivity contribution in [3.8, 4) is 5.75 Å². The molecule has 0 saturated carbocycles. The summed E-state index contributed by atoms with van der Waals surface area (Å²) in [6.07, 6.45) is 1.52. The molecule has 3 aromatic rings. The summed E-state index contributed by atoms with van der Waals surface area (Å²) >= 11 is 0. The van der Waals surface area contributed by atoms with Gasteiger partial charge in [0.2, 0.25) is 5.65 Å². The Morgan fingerprint density at radius 2 is 1.88 bits per heavy atom. The molecular formula is C23H32N6O5. The molecule has 34 heavy (non-hydrogen) atoms. The molecule has 11 nitrogen and oxygen atoms in total. The van der Waals surface area contributed by atoms with Gasteiger partial charge in [-0.1, -0.05) is 0 Å². The van der Waals surface area contributed by atoms with E-state index in [1.807, 2.05) is 29.5 Å². The fraction of sp³-hybridized carbons (Fsp3) is 0.522. The first kappa shape index (κ1) is 25.2. The number of esters is 1. The number of benzene rings is 1. The Balaban J connectivity index is 1.61. The molecule has 0 saturated heterocycles. The maximum absolute atomic E-state index is 12.2. The van der Waals surface area contributed by atoms with Gasteiger partial charge in [-0.2, -0.15) is 0 Å². The van der Waals surface area contributed by atoms with Crippen LogP contribution in [0.25, 0.3) is 16.7 Å². The van der Waals surface area contributed by atoms with Crippen molar-refractivity contribution in [2.45, 2.75) is 46.1 Å². The molecule has 0 bridgehead atoms. The van der Waals surface area contributed by atoms with Crippen LogP contribution in [0.15, 0.2) is 18.2 Å². The van der Waals surface area contributed by atoms with E-state index in [4.69, 9.17) is 19.2 Å². The highest BCUT2D eigenvalue weighted by atomic mass is 16.6. The first-order valence-corrected chi connectivity index (χ1v) is 11.2. The van der Waals surface area contributed by atoms with Crippen molar-refractivity contribution < 1.29 is 23.8 Å². The van der Waals surface area contributed by atoms with Crippen molar-refractivity contribution in [3.05, 3.63) is 24.0 Å². The van der Waals surface area contributed by atoms with E-state index in [1.54, 1.807) is 21.0 Å². The lowest BCUT2D eigenvalue weighted by Gasteiger charge is -2.23. The van der Waals surface area contributed by atoms with Crippen LogP contribution in [-0.2, 0) is 19.1 Å². The number of carbonyl (C=O) groups is 2. The van der Waals surface area contributed by atoms with Gasteiger partial charge in [-0.05, 0) is 45.7 Å². The van der Waals surface area contributed by atoms with E-state index in [2.05, 4.69) is 20.8 Å². The average Bonchev–Trinajstić information content (AvgIpc) is 3.17. The van der Waals surface area contributed by atoms with Gasteiger partial charge in [0, 0.05) is 33.2 Å². The zero-order valence-electron chi connectivity index (χ0n) is 20.3. The molecule has 2 heterocycles. The number of carbonyl (C=O) groups excluding carboxylic acids is 2. The number of unbranched alkanes of at least 4 members (excludes halogenated alkanes) is 1. The minimum atomic E-state index is -1.19. The van der Waals surface area contributed by atoms with E-state index >= 15 is 0 Å². The molecule has 1 aromatic carbocycles. The fourth-order valence-electron chi connectivity index (χ4n) is 3.48. The zero-order chi connectivity index (χ0) is 24.7. The monoisotopic (exact) mass is 472 g/mol. The van der Waals surface area contributed by atoms with Crippen LogP contribution in [0, 0.1) is 6.92 Å². The summed E-state index contributed by atoms with van der Waals surface area (Å²) in [5, 5.41) is 14.6. The third kappa shape index (κ3) is 6.10. The van der Waals surface area contributed by atoms with Crippen LogP contribution in [-0.4, -0.2) is 70.5 Å². The van der Waals surface area contributed by atoms with Gasteiger partial charge in [-0.15, -0.1) is 10.2 Å². The van der Waals surface area contributed by atoms with E-state index in [0.717, 1.165) is 29.7 Å². The van der Waals surface area contributed by atoms with Crippen LogP contribution in [0.1, 0.15) is 39.4 Å². The molecule has 0 aliphatic heterocycles. The number of fused-ring (bicyclic) bond motifs is 3. The third-order valence-corrected chi connectivity index (χ3v) is 5.14. The van der Waals surface area contributed by atoms with Crippen LogP contribution >= 0.6 is 0 Å². The highest BCUT2D eigenvalue weighted by Gasteiger charge is 2.30. The third-order valence-electron chi connectivity index (χ3n) is 5.14. The van der Waals surface area contributed by atoms with Gasteiger partial charge >= 0.3 is 5.97 Å². The first-order valence-electron chi connectivity index (χ1n) is 11.2. The maximum atomic E-state index is 12.2. The summed E-state index contributed by atoms with van der Waals surface area (Å²) in [6.45, 7) is 8.37. The van der Waals surface area contributed by atoms with Crippen LogP contribution in [0.5, 0.6) is 5.75 Å². The molecule has 0 unspecified atom stereocenters. The van der Waals surface area contributed by atoms with Gasteiger partial charge in [0.25, 0.3) is 5.91 Å². The maximum Gasteiger partial charge on any atom is 0.303 e. The Morgan fingerprint density at radius 1 is 1.12 bits per heavy atom. The summed E-state index contributed by atoms with van der Waals surface area (Å²) in [7, 11) is 1.63. The number of aryl methyl sites for hydroxylation is 1. The molecule has 0 spiro atoms. The quantitative estimate of drug-likeness (QED) is 0.301. The van der Waals surface area contributed by atoms with E-state index in [-0.39, 0.29) is 5.91 Å². The fourth-order valence-corrected chi connectivity index (χ4v) is 3.48.